The number of likely N-dealkylation sites (tertiary alicyclic amines) is 1. The number of nitrogens with one attached hydrogen (secondary N) is 1. The molecule has 0 radical (unpaired) electrons. The number of urea groups is 1. The largest absolute Gasteiger partial charge is 0.373 e. The van der Waals surface area contributed by atoms with E-state index in [-0.39, 0.29) is 48.1 Å². The third-order valence-electron chi connectivity index (χ3n) is 7.27. The highest BCUT2D eigenvalue weighted by atomic mass is 35.5. The molecule has 3 atom stereocenters. The fourth-order valence-electron chi connectivity index (χ4n) is 5.45. The summed E-state index contributed by atoms with van der Waals surface area (Å²) < 4.78 is 19.2. The van der Waals surface area contributed by atoms with Crippen LogP contribution in [0.3, 0.4) is 0 Å². The number of piperidine rings is 1. The molecule has 6 nitrogen and oxygen atoms in total. The summed E-state index contributed by atoms with van der Waals surface area (Å²) in [6.45, 7) is 4.02. The molecule has 2 aromatic carbocycles. The highest BCUT2D eigenvalue weighted by Crippen LogP contribution is 2.35. The Morgan fingerprint density at radius 1 is 1.00 bits per heavy atom. The van der Waals surface area contributed by atoms with Crippen LogP contribution in [0.25, 0.3) is 0 Å². The number of halogens is 2. The molecular weight excluding hydrogens is 457 g/mol. The Morgan fingerprint density at radius 2 is 1.71 bits per heavy atom. The summed E-state index contributed by atoms with van der Waals surface area (Å²) in [5.74, 6) is 0.240. The number of amides is 3. The van der Waals surface area contributed by atoms with Gasteiger partial charge in [0, 0.05) is 13.1 Å². The minimum Gasteiger partial charge on any atom is -0.373 e. The van der Waals surface area contributed by atoms with Crippen LogP contribution in [0.4, 0.5) is 14.9 Å². The van der Waals surface area contributed by atoms with Crippen LogP contribution >= 0.6 is 12.4 Å². The quantitative estimate of drug-likeness (QED) is 0.678. The highest BCUT2D eigenvalue weighted by Gasteiger charge is 2.40. The van der Waals surface area contributed by atoms with Crippen LogP contribution in [0.1, 0.15) is 30.9 Å². The summed E-state index contributed by atoms with van der Waals surface area (Å²) in [6.07, 6.45) is 2.89. The molecule has 1 N–H and O–H groups in total. The molecule has 8 heteroatoms. The van der Waals surface area contributed by atoms with E-state index in [1.165, 1.54) is 17.0 Å². The predicted molar refractivity (Wildman–Crippen MR) is 130 cm³/mol. The number of para-hydroxylation sites is 1. The van der Waals surface area contributed by atoms with Crippen LogP contribution in [-0.2, 0) is 9.53 Å². The van der Waals surface area contributed by atoms with E-state index >= 15 is 0 Å². The number of ether oxygens (including phenoxy) is 1. The zero-order chi connectivity index (χ0) is 22.8. The van der Waals surface area contributed by atoms with E-state index in [1.807, 2.05) is 30.3 Å². The first-order chi connectivity index (χ1) is 16.1. The van der Waals surface area contributed by atoms with Gasteiger partial charge >= 0.3 is 6.03 Å². The van der Waals surface area contributed by atoms with Gasteiger partial charge in [0.25, 0.3) is 0 Å². The molecule has 5 rings (SSSR count). The molecule has 3 unspecified atom stereocenters. The van der Waals surface area contributed by atoms with Crippen LogP contribution in [-0.4, -0.2) is 49.6 Å². The van der Waals surface area contributed by atoms with Crippen molar-refractivity contribution >= 4 is 30.0 Å². The average molecular weight is 488 g/mol. The monoisotopic (exact) mass is 487 g/mol. The van der Waals surface area contributed by atoms with Gasteiger partial charge in [-0.05, 0) is 74.0 Å². The summed E-state index contributed by atoms with van der Waals surface area (Å²) in [5, 5.41) is 2.91. The Bertz CT molecular complexity index is 983. The van der Waals surface area contributed by atoms with Crippen molar-refractivity contribution in [2.45, 2.75) is 25.4 Å². The normalized spacial score (nSPS) is 26.3. The van der Waals surface area contributed by atoms with E-state index < -0.39 is 0 Å². The van der Waals surface area contributed by atoms with Gasteiger partial charge in [0.1, 0.15) is 5.82 Å². The minimum absolute atomic E-state index is 0. The number of anilines is 1. The number of carbonyl (C=O) groups excluding carboxylic acids is 2. The number of rotatable bonds is 5. The number of carbonyl (C=O) groups is 2. The first kappa shape index (κ1) is 24.6. The molecule has 3 heterocycles. The van der Waals surface area contributed by atoms with Crippen LogP contribution in [0.15, 0.2) is 54.6 Å². The second-order valence-corrected chi connectivity index (χ2v) is 9.42. The summed E-state index contributed by atoms with van der Waals surface area (Å²) in [7, 11) is 0. The lowest BCUT2D eigenvalue weighted by Gasteiger charge is -2.40. The lowest BCUT2D eigenvalue weighted by atomic mass is 9.82. The Labute approximate surface area is 205 Å². The maximum absolute atomic E-state index is 13.2. The van der Waals surface area contributed by atoms with Gasteiger partial charge in [-0.3, -0.25) is 4.79 Å². The molecule has 182 valence electrons. The zero-order valence-corrected chi connectivity index (χ0v) is 19.9. The zero-order valence-electron chi connectivity index (χ0n) is 19.1. The molecular formula is C26H31ClFN3O3. The van der Waals surface area contributed by atoms with Crippen LogP contribution < -0.4 is 10.2 Å². The van der Waals surface area contributed by atoms with E-state index in [9.17, 15) is 14.0 Å². The van der Waals surface area contributed by atoms with Crippen LogP contribution in [0.2, 0.25) is 0 Å². The second-order valence-electron chi connectivity index (χ2n) is 9.42. The summed E-state index contributed by atoms with van der Waals surface area (Å²) in [4.78, 5) is 29.3. The lowest BCUT2D eigenvalue weighted by molar-refractivity contribution is -0.124. The number of imide groups is 1. The Kier molecular flexibility index (Phi) is 7.86. The fraction of sp³-hybridized carbons (Fsp3) is 0.462. The topological polar surface area (TPSA) is 61.9 Å². The number of hydrogen-bond donors (Lipinski definition) is 1. The predicted octanol–water partition coefficient (Wildman–Crippen LogP) is 4.41. The molecule has 0 bridgehead atoms. The minimum atomic E-state index is -0.336. The van der Waals surface area contributed by atoms with Gasteiger partial charge in [-0.1, -0.05) is 30.3 Å². The summed E-state index contributed by atoms with van der Waals surface area (Å²) >= 11 is 0. The SMILES string of the molecule is Cl.O=C1NCC(C2CCN(CC3COC(c4ccc(F)cc4)C3)CC2)C(=O)N1c1ccccc1. The standard InChI is InChI=1S/C26H30FN3O3.ClH/c27-21-8-6-20(7-9-21)24-14-18(17-33-24)16-29-12-10-19(11-13-29)23-15-28-26(32)30(25(23)31)22-4-2-1-3-5-22;/h1-9,18-19,23-24H,10-17H2,(H,28,32);1H. The van der Waals surface area contributed by atoms with Crippen molar-refractivity contribution < 1.29 is 18.7 Å². The van der Waals surface area contributed by atoms with Crippen molar-refractivity contribution in [3.63, 3.8) is 0 Å². The molecule has 0 spiro atoms. The molecule has 0 aliphatic carbocycles. The third kappa shape index (κ3) is 5.27. The Hall–Kier alpha value is -2.48. The lowest BCUT2D eigenvalue weighted by Crippen LogP contribution is -2.57. The maximum atomic E-state index is 13.2. The van der Waals surface area contributed by atoms with Crippen molar-refractivity contribution in [3.8, 4) is 0 Å². The first-order valence-electron chi connectivity index (χ1n) is 11.8. The summed E-state index contributed by atoms with van der Waals surface area (Å²) in [5.41, 5.74) is 1.66. The second kappa shape index (κ2) is 10.8. The van der Waals surface area contributed by atoms with E-state index in [2.05, 4.69) is 10.2 Å². The molecule has 3 amide bonds. The smallest absolute Gasteiger partial charge is 0.328 e. The van der Waals surface area contributed by atoms with Crippen molar-refractivity contribution in [3.05, 3.63) is 66.0 Å². The number of benzene rings is 2. The van der Waals surface area contributed by atoms with Gasteiger partial charge in [0.15, 0.2) is 0 Å². The van der Waals surface area contributed by atoms with E-state index in [4.69, 9.17) is 4.74 Å². The van der Waals surface area contributed by atoms with Crippen LogP contribution in [0.5, 0.6) is 0 Å². The molecule has 3 aliphatic heterocycles. The van der Waals surface area contributed by atoms with Gasteiger partial charge in [0.2, 0.25) is 5.91 Å². The molecule has 0 aromatic heterocycles. The van der Waals surface area contributed by atoms with E-state index in [0.29, 0.717) is 18.2 Å². The van der Waals surface area contributed by atoms with Crippen molar-refractivity contribution in [1.29, 1.82) is 0 Å². The van der Waals surface area contributed by atoms with E-state index in [1.54, 1.807) is 12.1 Å². The molecule has 2 aromatic rings. The van der Waals surface area contributed by atoms with Crippen LogP contribution in [0, 0.1) is 23.6 Å². The van der Waals surface area contributed by atoms with Crippen molar-refractivity contribution in [2.24, 2.45) is 17.8 Å². The molecule has 3 aliphatic rings. The maximum Gasteiger partial charge on any atom is 0.328 e. The molecule has 0 saturated carbocycles. The number of hydrogen-bond acceptors (Lipinski definition) is 4. The number of nitrogens with zero attached hydrogens (tertiary/aromatic N) is 2. The van der Waals surface area contributed by atoms with E-state index in [0.717, 1.165) is 51.1 Å². The van der Waals surface area contributed by atoms with Gasteiger partial charge in [0.05, 0.1) is 24.3 Å². The van der Waals surface area contributed by atoms with Crippen molar-refractivity contribution in [1.82, 2.24) is 10.2 Å². The molecule has 3 fully saturated rings. The van der Waals surface area contributed by atoms with Gasteiger partial charge in [-0.2, -0.15) is 0 Å². The highest BCUT2D eigenvalue weighted by molar-refractivity contribution is 6.16. The van der Waals surface area contributed by atoms with Crippen molar-refractivity contribution in [2.75, 3.05) is 37.7 Å². The first-order valence-corrected chi connectivity index (χ1v) is 11.8. The molecule has 3 saturated heterocycles. The average Bonchev–Trinajstić information content (AvgIpc) is 3.29. The Morgan fingerprint density at radius 3 is 2.41 bits per heavy atom. The third-order valence-corrected chi connectivity index (χ3v) is 7.27. The fourth-order valence-corrected chi connectivity index (χ4v) is 5.45. The van der Waals surface area contributed by atoms with Gasteiger partial charge in [-0.15, -0.1) is 12.4 Å². The Balaban J connectivity index is 0.00000274. The molecule has 34 heavy (non-hydrogen) atoms. The van der Waals surface area contributed by atoms with Gasteiger partial charge in [-0.25, -0.2) is 14.1 Å². The van der Waals surface area contributed by atoms with Gasteiger partial charge < -0.3 is 15.0 Å². The summed E-state index contributed by atoms with van der Waals surface area (Å²) in [6, 6.07) is 15.4.